The third-order valence-electron chi connectivity index (χ3n) is 4.51. The molecule has 1 amide bonds. The van der Waals surface area contributed by atoms with Gasteiger partial charge in [0.1, 0.15) is 5.76 Å². The lowest BCUT2D eigenvalue weighted by Crippen LogP contribution is -2.26. The predicted molar refractivity (Wildman–Crippen MR) is 95.0 cm³/mol. The van der Waals surface area contributed by atoms with E-state index in [-0.39, 0.29) is 11.8 Å². The first-order chi connectivity index (χ1) is 11.5. The van der Waals surface area contributed by atoms with Gasteiger partial charge in [-0.15, -0.1) is 0 Å². The average Bonchev–Trinajstić information content (AvgIpc) is 3.12. The van der Waals surface area contributed by atoms with Gasteiger partial charge in [-0.05, 0) is 31.9 Å². The number of carbonyl (C=O) groups is 1. The molecule has 1 N–H and O–H groups in total. The lowest BCUT2D eigenvalue weighted by Gasteiger charge is -2.18. The van der Waals surface area contributed by atoms with Gasteiger partial charge in [-0.1, -0.05) is 30.3 Å². The molecule has 2 aromatic heterocycles. The van der Waals surface area contributed by atoms with E-state index in [4.69, 9.17) is 4.52 Å². The standard InChI is InChI=1S/C19H23N3O2/c1-6-14-17(12(3)24-21-14)18-16(11(2)19(23)22(4)5)13-9-7-8-10-15(13)20-18/h7-11,20H,6H2,1-5H3. The van der Waals surface area contributed by atoms with E-state index in [1.807, 2.05) is 32.0 Å². The number of nitrogens with one attached hydrogen (secondary N) is 1. The molecule has 5 nitrogen and oxygen atoms in total. The second kappa shape index (κ2) is 6.15. The number of nitrogens with zero attached hydrogens (tertiary/aromatic N) is 2. The normalized spacial score (nSPS) is 12.5. The molecule has 3 rings (SSSR count). The Morgan fingerprint density at radius 1 is 1.33 bits per heavy atom. The zero-order chi connectivity index (χ0) is 17.4. The lowest BCUT2D eigenvalue weighted by atomic mass is 9.92. The number of aryl methyl sites for hydroxylation is 2. The van der Waals surface area contributed by atoms with Gasteiger partial charge in [0, 0.05) is 25.0 Å². The van der Waals surface area contributed by atoms with E-state index < -0.39 is 0 Å². The van der Waals surface area contributed by atoms with Crippen LogP contribution >= 0.6 is 0 Å². The smallest absolute Gasteiger partial charge is 0.229 e. The molecule has 0 spiro atoms. The second-order valence-electron chi connectivity index (χ2n) is 6.33. The predicted octanol–water partition coefficient (Wildman–Crippen LogP) is 3.89. The van der Waals surface area contributed by atoms with Gasteiger partial charge in [0.25, 0.3) is 0 Å². The summed E-state index contributed by atoms with van der Waals surface area (Å²) < 4.78 is 5.41. The van der Waals surface area contributed by atoms with Crippen LogP contribution in [-0.4, -0.2) is 35.0 Å². The molecule has 5 heteroatoms. The number of carbonyl (C=O) groups excluding carboxylic acids is 1. The molecule has 0 radical (unpaired) electrons. The molecule has 0 aliphatic heterocycles. The van der Waals surface area contributed by atoms with E-state index in [0.717, 1.165) is 45.6 Å². The van der Waals surface area contributed by atoms with Crippen LogP contribution in [-0.2, 0) is 11.2 Å². The molecule has 0 aliphatic rings. The fourth-order valence-corrected chi connectivity index (χ4v) is 3.30. The molecule has 0 fully saturated rings. The Bertz CT molecular complexity index is 889. The van der Waals surface area contributed by atoms with Crippen LogP contribution in [0.4, 0.5) is 0 Å². The van der Waals surface area contributed by atoms with Gasteiger partial charge in [-0.3, -0.25) is 4.79 Å². The van der Waals surface area contributed by atoms with Crippen LogP contribution in [0.2, 0.25) is 0 Å². The molecule has 1 atom stereocenters. The number of hydrogen-bond donors (Lipinski definition) is 1. The maximum absolute atomic E-state index is 12.6. The summed E-state index contributed by atoms with van der Waals surface area (Å²) in [6, 6.07) is 8.08. The van der Waals surface area contributed by atoms with E-state index in [9.17, 15) is 4.79 Å². The highest BCUT2D eigenvalue weighted by molar-refractivity contribution is 5.97. The van der Waals surface area contributed by atoms with Crippen LogP contribution in [0.25, 0.3) is 22.2 Å². The zero-order valence-electron chi connectivity index (χ0n) is 14.8. The van der Waals surface area contributed by atoms with Gasteiger partial charge in [-0.25, -0.2) is 0 Å². The van der Waals surface area contributed by atoms with Gasteiger partial charge in [0.2, 0.25) is 5.91 Å². The fourth-order valence-electron chi connectivity index (χ4n) is 3.30. The molecule has 0 bridgehead atoms. The molecule has 0 saturated heterocycles. The third-order valence-corrected chi connectivity index (χ3v) is 4.51. The number of H-pyrrole nitrogens is 1. The number of para-hydroxylation sites is 1. The van der Waals surface area contributed by atoms with Crippen LogP contribution < -0.4 is 0 Å². The molecule has 1 unspecified atom stereocenters. The number of aromatic nitrogens is 2. The number of hydrogen-bond acceptors (Lipinski definition) is 3. The number of likely N-dealkylation sites (N-methyl/N-ethyl adjacent to an activating group) is 1. The van der Waals surface area contributed by atoms with E-state index in [1.165, 1.54) is 0 Å². The van der Waals surface area contributed by atoms with Crippen molar-refractivity contribution in [2.75, 3.05) is 14.1 Å². The highest BCUT2D eigenvalue weighted by Gasteiger charge is 2.27. The summed E-state index contributed by atoms with van der Waals surface area (Å²) in [5, 5.41) is 5.24. The second-order valence-corrected chi connectivity index (χ2v) is 6.33. The number of benzene rings is 1. The van der Waals surface area contributed by atoms with E-state index in [1.54, 1.807) is 19.0 Å². The molecule has 126 valence electrons. The van der Waals surface area contributed by atoms with Crippen molar-refractivity contribution in [1.82, 2.24) is 15.0 Å². The topological polar surface area (TPSA) is 62.1 Å². The average molecular weight is 325 g/mol. The van der Waals surface area contributed by atoms with Crippen LogP contribution in [0.5, 0.6) is 0 Å². The van der Waals surface area contributed by atoms with E-state index in [2.05, 4.69) is 23.1 Å². The summed E-state index contributed by atoms with van der Waals surface area (Å²) in [7, 11) is 3.57. The molecular formula is C19H23N3O2. The molecular weight excluding hydrogens is 302 g/mol. The minimum atomic E-state index is -0.259. The molecule has 24 heavy (non-hydrogen) atoms. The van der Waals surface area contributed by atoms with Crippen LogP contribution in [0, 0.1) is 6.92 Å². The first kappa shape index (κ1) is 16.3. The maximum Gasteiger partial charge on any atom is 0.229 e. The number of amides is 1. The summed E-state index contributed by atoms with van der Waals surface area (Å²) in [5.74, 6) is 0.586. The highest BCUT2D eigenvalue weighted by atomic mass is 16.5. The minimum Gasteiger partial charge on any atom is -0.361 e. The summed E-state index contributed by atoms with van der Waals surface area (Å²) in [4.78, 5) is 17.7. The minimum absolute atomic E-state index is 0.0770. The third kappa shape index (κ3) is 2.50. The molecule has 0 aliphatic carbocycles. The van der Waals surface area contributed by atoms with Gasteiger partial charge in [-0.2, -0.15) is 0 Å². The monoisotopic (exact) mass is 325 g/mol. The summed E-state index contributed by atoms with van der Waals surface area (Å²) in [6.45, 7) is 5.92. The van der Waals surface area contributed by atoms with Crippen molar-refractivity contribution in [3.05, 3.63) is 41.3 Å². The Hall–Kier alpha value is -2.56. The van der Waals surface area contributed by atoms with Crippen molar-refractivity contribution in [3.8, 4) is 11.3 Å². The van der Waals surface area contributed by atoms with Crippen molar-refractivity contribution in [1.29, 1.82) is 0 Å². The summed E-state index contributed by atoms with van der Waals surface area (Å²) in [6.07, 6.45) is 0.775. The van der Waals surface area contributed by atoms with Gasteiger partial charge in [0.05, 0.1) is 22.9 Å². The maximum atomic E-state index is 12.6. The fraction of sp³-hybridized carbons (Fsp3) is 0.368. The van der Waals surface area contributed by atoms with Crippen LogP contribution in [0.15, 0.2) is 28.8 Å². The lowest BCUT2D eigenvalue weighted by molar-refractivity contribution is -0.129. The van der Waals surface area contributed by atoms with E-state index >= 15 is 0 Å². The number of fused-ring (bicyclic) bond motifs is 1. The summed E-state index contributed by atoms with van der Waals surface area (Å²) in [5.41, 5.74) is 4.84. The van der Waals surface area contributed by atoms with E-state index in [0.29, 0.717) is 0 Å². The molecule has 3 aromatic rings. The van der Waals surface area contributed by atoms with Crippen LogP contribution in [0.3, 0.4) is 0 Å². The Balaban J connectivity index is 2.30. The molecule has 1 aromatic carbocycles. The highest BCUT2D eigenvalue weighted by Crippen LogP contribution is 2.39. The van der Waals surface area contributed by atoms with Crippen molar-refractivity contribution in [2.24, 2.45) is 0 Å². The van der Waals surface area contributed by atoms with Crippen molar-refractivity contribution >= 4 is 16.8 Å². The largest absolute Gasteiger partial charge is 0.361 e. The van der Waals surface area contributed by atoms with Crippen molar-refractivity contribution in [2.45, 2.75) is 33.1 Å². The Morgan fingerprint density at radius 2 is 2.04 bits per heavy atom. The number of rotatable bonds is 4. The quantitative estimate of drug-likeness (QED) is 0.791. The number of aromatic amines is 1. The van der Waals surface area contributed by atoms with Gasteiger partial charge >= 0.3 is 0 Å². The van der Waals surface area contributed by atoms with Crippen molar-refractivity contribution in [3.63, 3.8) is 0 Å². The van der Waals surface area contributed by atoms with Crippen molar-refractivity contribution < 1.29 is 9.32 Å². The van der Waals surface area contributed by atoms with Gasteiger partial charge in [0.15, 0.2) is 0 Å². The first-order valence-electron chi connectivity index (χ1n) is 8.23. The van der Waals surface area contributed by atoms with Crippen LogP contribution in [0.1, 0.15) is 36.8 Å². The zero-order valence-corrected chi connectivity index (χ0v) is 14.8. The Labute approximate surface area is 141 Å². The first-order valence-corrected chi connectivity index (χ1v) is 8.23. The van der Waals surface area contributed by atoms with Gasteiger partial charge < -0.3 is 14.4 Å². The molecule has 2 heterocycles. The SMILES string of the molecule is CCc1noc(C)c1-c1[nH]c2ccccc2c1C(C)C(=O)N(C)C. The molecule has 0 saturated carbocycles. The Morgan fingerprint density at radius 3 is 2.71 bits per heavy atom. The summed E-state index contributed by atoms with van der Waals surface area (Å²) >= 11 is 0. The Kier molecular flexibility index (Phi) is 4.18.